The smallest absolute Gasteiger partial charge is 0.234 e. The standard InChI is InChI=1S/C23H26N4O4S/c1-15-12-16(10-11-19(15)31-3)6-4-9-20-25-26-23(27(20)2)32-14-21(28)24-18-8-5-7-17(13-18)22(29)30/h5,7-8,10-13H,4,6,9,14H2,1-3H3,(H,24,28)(H,29,30)/p-1. The molecule has 0 unspecified atom stereocenters. The van der Waals surface area contributed by atoms with Crippen molar-refractivity contribution in [2.24, 2.45) is 7.05 Å². The van der Waals surface area contributed by atoms with Crippen LogP contribution in [0.2, 0.25) is 0 Å². The lowest BCUT2D eigenvalue weighted by molar-refractivity contribution is -0.255. The van der Waals surface area contributed by atoms with Crippen LogP contribution in [0.15, 0.2) is 47.6 Å². The zero-order chi connectivity index (χ0) is 23.1. The highest BCUT2D eigenvalue weighted by Gasteiger charge is 2.12. The second kappa shape index (κ2) is 10.8. The molecule has 0 saturated carbocycles. The molecule has 168 valence electrons. The first-order valence-electron chi connectivity index (χ1n) is 10.1. The molecule has 9 heteroatoms. The summed E-state index contributed by atoms with van der Waals surface area (Å²) in [6, 6.07) is 12.2. The van der Waals surface area contributed by atoms with Gasteiger partial charge in [-0.15, -0.1) is 10.2 Å². The SMILES string of the molecule is COc1ccc(CCCc2nnc(SCC(=O)Nc3cccc(C(=O)[O-])c3)n2C)cc1C. The fourth-order valence-corrected chi connectivity index (χ4v) is 4.02. The monoisotopic (exact) mass is 453 g/mol. The number of aromatic carboxylic acids is 1. The highest BCUT2D eigenvalue weighted by atomic mass is 32.2. The number of hydrogen-bond acceptors (Lipinski definition) is 7. The Morgan fingerprint density at radius 1 is 1.16 bits per heavy atom. The summed E-state index contributed by atoms with van der Waals surface area (Å²) in [7, 11) is 3.56. The molecule has 1 amide bonds. The highest BCUT2D eigenvalue weighted by molar-refractivity contribution is 7.99. The van der Waals surface area contributed by atoms with E-state index in [2.05, 4.69) is 27.6 Å². The summed E-state index contributed by atoms with van der Waals surface area (Å²) in [6.45, 7) is 2.03. The molecule has 0 atom stereocenters. The van der Waals surface area contributed by atoms with Gasteiger partial charge in [0.05, 0.1) is 18.8 Å². The van der Waals surface area contributed by atoms with Crippen LogP contribution in [0.1, 0.15) is 33.7 Å². The van der Waals surface area contributed by atoms with Crippen LogP contribution in [0, 0.1) is 6.92 Å². The third-order valence-corrected chi connectivity index (χ3v) is 5.98. The summed E-state index contributed by atoms with van der Waals surface area (Å²) in [5.41, 5.74) is 2.79. The Morgan fingerprint density at radius 3 is 2.69 bits per heavy atom. The first-order chi connectivity index (χ1) is 15.4. The van der Waals surface area contributed by atoms with Gasteiger partial charge in [-0.25, -0.2) is 0 Å². The Bertz CT molecular complexity index is 1110. The molecule has 3 aromatic rings. The zero-order valence-electron chi connectivity index (χ0n) is 18.3. The van der Waals surface area contributed by atoms with Crippen LogP contribution in [0.25, 0.3) is 0 Å². The summed E-state index contributed by atoms with van der Waals surface area (Å²) in [4.78, 5) is 23.2. The second-order valence-electron chi connectivity index (χ2n) is 7.32. The number of nitrogens with one attached hydrogen (secondary N) is 1. The van der Waals surface area contributed by atoms with Gasteiger partial charge in [0.15, 0.2) is 5.16 Å². The van der Waals surface area contributed by atoms with Crippen LogP contribution < -0.4 is 15.2 Å². The van der Waals surface area contributed by atoms with Crippen molar-refractivity contribution in [2.75, 3.05) is 18.2 Å². The Hall–Kier alpha value is -3.33. The molecule has 8 nitrogen and oxygen atoms in total. The first kappa shape index (κ1) is 23.3. The van der Waals surface area contributed by atoms with Crippen LogP contribution >= 0.6 is 11.8 Å². The quantitative estimate of drug-likeness (QED) is 0.470. The van der Waals surface area contributed by atoms with Gasteiger partial charge in [0.2, 0.25) is 5.91 Å². The minimum absolute atomic E-state index is 0.0122. The normalized spacial score (nSPS) is 10.7. The second-order valence-corrected chi connectivity index (χ2v) is 8.26. The molecule has 3 rings (SSSR count). The van der Waals surface area contributed by atoms with E-state index >= 15 is 0 Å². The predicted octanol–water partition coefficient (Wildman–Crippen LogP) is 2.40. The van der Waals surface area contributed by atoms with Crippen molar-refractivity contribution in [3.8, 4) is 5.75 Å². The Balaban J connectivity index is 1.49. The zero-order valence-corrected chi connectivity index (χ0v) is 19.1. The van der Waals surface area contributed by atoms with Gasteiger partial charge in [0.25, 0.3) is 0 Å². The third-order valence-electron chi connectivity index (χ3n) is 4.96. The number of carbonyl (C=O) groups excluding carboxylic acids is 2. The molecule has 0 aliphatic rings. The summed E-state index contributed by atoms with van der Waals surface area (Å²) >= 11 is 1.28. The lowest BCUT2D eigenvalue weighted by atomic mass is 10.0. The lowest BCUT2D eigenvalue weighted by Gasteiger charge is -2.08. The molecule has 1 N–H and O–H groups in total. The minimum atomic E-state index is -1.29. The summed E-state index contributed by atoms with van der Waals surface area (Å²) < 4.78 is 7.20. The number of thioether (sulfide) groups is 1. The van der Waals surface area contributed by atoms with E-state index in [4.69, 9.17) is 4.74 Å². The molecule has 0 fully saturated rings. The maximum absolute atomic E-state index is 12.2. The van der Waals surface area contributed by atoms with Crippen LogP contribution in [0.5, 0.6) is 5.75 Å². The molecule has 0 spiro atoms. The van der Waals surface area contributed by atoms with Crippen molar-refractivity contribution in [1.82, 2.24) is 14.8 Å². The van der Waals surface area contributed by atoms with Crippen LogP contribution in [0.3, 0.4) is 0 Å². The number of aryl methyl sites for hydroxylation is 3. The van der Waals surface area contributed by atoms with E-state index in [1.807, 2.05) is 24.6 Å². The molecule has 1 heterocycles. The van der Waals surface area contributed by atoms with Gasteiger partial charge in [-0.3, -0.25) is 4.79 Å². The number of methoxy groups -OCH3 is 1. The third kappa shape index (κ3) is 6.10. The van der Waals surface area contributed by atoms with Crippen LogP contribution in [0.4, 0.5) is 5.69 Å². The van der Waals surface area contributed by atoms with Gasteiger partial charge in [-0.2, -0.15) is 0 Å². The maximum Gasteiger partial charge on any atom is 0.234 e. The Kier molecular flexibility index (Phi) is 7.88. The maximum atomic E-state index is 12.2. The van der Waals surface area contributed by atoms with E-state index in [0.717, 1.165) is 36.4 Å². The van der Waals surface area contributed by atoms with E-state index in [1.54, 1.807) is 19.2 Å². The number of nitrogens with zero attached hydrogens (tertiary/aromatic N) is 3. The number of carbonyl (C=O) groups is 2. The van der Waals surface area contributed by atoms with Gasteiger partial charge in [-0.05, 0) is 54.7 Å². The van der Waals surface area contributed by atoms with Crippen molar-refractivity contribution >= 4 is 29.3 Å². The summed E-state index contributed by atoms with van der Waals surface area (Å²) in [5, 5.41) is 22.7. The number of carboxylic acids is 1. The number of ether oxygens (including phenoxy) is 1. The molecule has 0 saturated heterocycles. The van der Waals surface area contributed by atoms with Crippen LogP contribution in [-0.4, -0.2) is 39.5 Å². The molecule has 0 aliphatic carbocycles. The minimum Gasteiger partial charge on any atom is -0.545 e. The first-order valence-corrected chi connectivity index (χ1v) is 11.1. The van der Waals surface area contributed by atoms with Crippen molar-refractivity contribution in [3.63, 3.8) is 0 Å². The average Bonchev–Trinajstić information content (AvgIpc) is 3.12. The Labute approximate surface area is 191 Å². The summed E-state index contributed by atoms with van der Waals surface area (Å²) in [5.74, 6) is 0.334. The summed E-state index contributed by atoms with van der Waals surface area (Å²) in [6.07, 6.45) is 2.63. The van der Waals surface area contributed by atoms with E-state index in [9.17, 15) is 14.7 Å². The topological polar surface area (TPSA) is 109 Å². The number of carboxylic acid groups (broad SMARTS) is 1. The average molecular weight is 454 g/mol. The van der Waals surface area contributed by atoms with Gasteiger partial charge >= 0.3 is 0 Å². The number of rotatable bonds is 10. The fourth-order valence-electron chi connectivity index (χ4n) is 3.29. The largest absolute Gasteiger partial charge is 0.545 e. The van der Waals surface area contributed by atoms with Crippen LogP contribution in [-0.2, 0) is 24.7 Å². The number of amides is 1. The van der Waals surface area contributed by atoms with E-state index in [0.29, 0.717) is 10.8 Å². The van der Waals surface area contributed by atoms with Crippen molar-refractivity contribution in [3.05, 3.63) is 65.0 Å². The molecule has 2 aromatic carbocycles. The fraction of sp³-hybridized carbons (Fsp3) is 0.304. The number of anilines is 1. The number of aromatic nitrogens is 3. The van der Waals surface area contributed by atoms with Gasteiger partial charge in [-0.1, -0.05) is 36.0 Å². The highest BCUT2D eigenvalue weighted by Crippen LogP contribution is 2.21. The van der Waals surface area contributed by atoms with E-state index in [1.165, 1.54) is 29.5 Å². The van der Waals surface area contributed by atoms with Crippen molar-refractivity contribution in [2.45, 2.75) is 31.3 Å². The number of hydrogen-bond donors (Lipinski definition) is 1. The van der Waals surface area contributed by atoms with E-state index < -0.39 is 5.97 Å². The molecular weight excluding hydrogens is 428 g/mol. The number of benzene rings is 2. The van der Waals surface area contributed by atoms with Gasteiger partial charge in [0.1, 0.15) is 11.6 Å². The van der Waals surface area contributed by atoms with Crippen molar-refractivity contribution < 1.29 is 19.4 Å². The molecule has 0 aliphatic heterocycles. The van der Waals surface area contributed by atoms with Gasteiger partial charge < -0.3 is 24.5 Å². The van der Waals surface area contributed by atoms with Crippen molar-refractivity contribution in [1.29, 1.82) is 0 Å². The van der Waals surface area contributed by atoms with E-state index in [-0.39, 0.29) is 17.2 Å². The molecule has 1 aromatic heterocycles. The molecule has 32 heavy (non-hydrogen) atoms. The lowest BCUT2D eigenvalue weighted by Crippen LogP contribution is -2.22. The molecule has 0 bridgehead atoms. The van der Waals surface area contributed by atoms with Gasteiger partial charge in [0, 0.05) is 19.2 Å². The molecular formula is C23H25N4O4S-. The molecule has 0 radical (unpaired) electrons. The predicted molar refractivity (Wildman–Crippen MR) is 121 cm³/mol. The Morgan fingerprint density at radius 2 is 1.97 bits per heavy atom.